The summed E-state index contributed by atoms with van der Waals surface area (Å²) in [5.74, 6) is -2.09. The van der Waals surface area contributed by atoms with Crippen LogP contribution >= 0.6 is 0 Å². The first kappa shape index (κ1) is 55.5. The molecule has 2 aromatic carbocycles. The topological polar surface area (TPSA) is 264 Å². The van der Waals surface area contributed by atoms with Crippen molar-refractivity contribution in [2.45, 2.75) is 64.1 Å². The van der Waals surface area contributed by atoms with E-state index in [1.807, 2.05) is 17.0 Å². The van der Waals surface area contributed by atoms with Crippen LogP contribution in [0.2, 0.25) is 0 Å². The Balaban J connectivity index is 0.638. The molecular formula is C53H66N10O12. The highest BCUT2D eigenvalue weighted by Gasteiger charge is 2.45. The fourth-order valence-corrected chi connectivity index (χ4v) is 8.71. The van der Waals surface area contributed by atoms with E-state index in [4.69, 9.17) is 23.7 Å². The van der Waals surface area contributed by atoms with Crippen LogP contribution in [-0.2, 0) is 51.2 Å². The van der Waals surface area contributed by atoms with Crippen LogP contribution in [0, 0.1) is 5.92 Å². The van der Waals surface area contributed by atoms with E-state index >= 15 is 0 Å². The highest BCUT2D eigenvalue weighted by Crippen LogP contribution is 2.32. The molecule has 2 fully saturated rings. The summed E-state index contributed by atoms with van der Waals surface area (Å²) in [4.78, 5) is 95.2. The number of likely N-dealkylation sites (tertiary alicyclic amines) is 1. The van der Waals surface area contributed by atoms with Crippen molar-refractivity contribution in [3.8, 4) is 0 Å². The number of rotatable bonds is 31. The molecule has 22 heteroatoms. The van der Waals surface area contributed by atoms with Crippen LogP contribution in [-0.4, -0.2) is 169 Å². The number of piperidine rings is 2. The highest BCUT2D eigenvalue weighted by molar-refractivity contribution is 6.25. The van der Waals surface area contributed by atoms with Gasteiger partial charge in [-0.3, -0.25) is 48.8 Å². The number of anilines is 1. The molecule has 400 valence electrons. The Kier molecular flexibility index (Phi) is 21.9. The zero-order valence-corrected chi connectivity index (χ0v) is 42.1. The summed E-state index contributed by atoms with van der Waals surface area (Å²) in [6.45, 7) is 6.86. The van der Waals surface area contributed by atoms with E-state index in [-0.39, 0.29) is 48.2 Å². The van der Waals surface area contributed by atoms with Gasteiger partial charge in [-0.2, -0.15) is 0 Å². The maximum absolute atomic E-state index is 13.2. The van der Waals surface area contributed by atoms with Gasteiger partial charge in [-0.1, -0.05) is 30.2 Å². The monoisotopic (exact) mass is 1030 g/mol. The molecule has 75 heavy (non-hydrogen) atoms. The predicted molar refractivity (Wildman–Crippen MR) is 272 cm³/mol. The molecule has 5 heterocycles. The Labute approximate surface area is 435 Å². The van der Waals surface area contributed by atoms with E-state index in [0.29, 0.717) is 127 Å². The molecule has 3 aliphatic rings. The number of nitrogens with one attached hydrogen (secondary N) is 4. The highest BCUT2D eigenvalue weighted by atomic mass is 16.6. The zero-order chi connectivity index (χ0) is 52.6. The van der Waals surface area contributed by atoms with Crippen LogP contribution in [0.3, 0.4) is 0 Å². The number of carbonyl (C=O) groups is 7. The molecule has 1 atom stereocenters. The van der Waals surface area contributed by atoms with E-state index in [0.717, 1.165) is 42.6 Å². The van der Waals surface area contributed by atoms with E-state index in [1.54, 1.807) is 71.8 Å². The van der Waals surface area contributed by atoms with Gasteiger partial charge >= 0.3 is 0 Å². The Morgan fingerprint density at radius 1 is 0.733 bits per heavy atom. The third kappa shape index (κ3) is 17.2. The van der Waals surface area contributed by atoms with E-state index in [1.165, 1.54) is 6.08 Å². The van der Waals surface area contributed by atoms with Gasteiger partial charge in [0.1, 0.15) is 11.7 Å². The van der Waals surface area contributed by atoms with Gasteiger partial charge in [0.05, 0.1) is 96.5 Å². The lowest BCUT2D eigenvalue weighted by Crippen LogP contribution is -2.54. The maximum Gasteiger partial charge on any atom is 0.264 e. The summed E-state index contributed by atoms with van der Waals surface area (Å²) in [5, 5.41) is 19.4. The number of imide groups is 2. The number of carbonyl (C=O) groups excluding carboxylic acids is 7. The second-order valence-electron chi connectivity index (χ2n) is 18.0. The maximum atomic E-state index is 13.2. The first-order valence-corrected chi connectivity index (χ1v) is 25.5. The van der Waals surface area contributed by atoms with Gasteiger partial charge in [0, 0.05) is 67.9 Å². The fraction of sp³-hybridized carbons (Fsp3) is 0.472. The van der Waals surface area contributed by atoms with E-state index in [9.17, 15) is 33.6 Å². The predicted octanol–water partition coefficient (Wildman–Crippen LogP) is 3.05. The molecule has 22 nitrogen and oxygen atoms in total. The third-order valence-corrected chi connectivity index (χ3v) is 12.7. The van der Waals surface area contributed by atoms with Gasteiger partial charge in [-0.25, -0.2) is 4.68 Å². The number of pyridine rings is 1. The van der Waals surface area contributed by atoms with Crippen molar-refractivity contribution in [2.24, 2.45) is 5.92 Å². The van der Waals surface area contributed by atoms with Crippen molar-refractivity contribution in [1.82, 2.24) is 45.7 Å². The average molecular weight is 1040 g/mol. The van der Waals surface area contributed by atoms with Crippen LogP contribution in [0.5, 0.6) is 0 Å². The van der Waals surface area contributed by atoms with Gasteiger partial charge in [-0.15, -0.1) is 5.10 Å². The number of hydrogen-bond acceptors (Lipinski definition) is 16. The second kappa shape index (κ2) is 29.6. The van der Waals surface area contributed by atoms with Gasteiger partial charge in [0.15, 0.2) is 0 Å². The number of hydrogen-bond donors (Lipinski definition) is 4. The number of benzene rings is 2. The molecule has 0 bridgehead atoms. The molecule has 4 aromatic rings. The molecule has 2 aromatic heterocycles. The van der Waals surface area contributed by atoms with Crippen molar-refractivity contribution in [3.63, 3.8) is 0 Å². The molecular weight excluding hydrogens is 969 g/mol. The molecule has 0 radical (unpaired) electrons. The minimum absolute atomic E-state index is 0.0357. The number of ether oxygens (including phenoxy) is 5. The molecule has 2 saturated heterocycles. The molecule has 0 saturated carbocycles. The number of nitrogens with zero attached hydrogens (tertiary/aromatic N) is 6. The van der Waals surface area contributed by atoms with Crippen LogP contribution in [0.15, 0.2) is 79.3 Å². The lowest BCUT2D eigenvalue weighted by Gasteiger charge is -2.32. The molecule has 3 aliphatic heterocycles. The van der Waals surface area contributed by atoms with Crippen molar-refractivity contribution in [2.75, 3.05) is 97.6 Å². The number of unbranched alkanes of at least 4 members (excludes halogenated alkanes) is 1. The smallest absolute Gasteiger partial charge is 0.264 e. The van der Waals surface area contributed by atoms with E-state index < -0.39 is 29.7 Å². The van der Waals surface area contributed by atoms with Crippen LogP contribution in [0.1, 0.15) is 97.6 Å². The number of amides is 7. The minimum Gasteiger partial charge on any atom is -0.382 e. The first-order valence-electron chi connectivity index (χ1n) is 25.5. The van der Waals surface area contributed by atoms with Crippen molar-refractivity contribution < 1.29 is 57.2 Å². The van der Waals surface area contributed by atoms with Gasteiger partial charge < -0.3 is 44.5 Å². The van der Waals surface area contributed by atoms with Gasteiger partial charge in [-0.05, 0) is 85.7 Å². The van der Waals surface area contributed by atoms with E-state index in [2.05, 4.69) is 36.6 Å². The third-order valence-electron chi connectivity index (χ3n) is 12.7. The molecule has 1 unspecified atom stereocenters. The summed E-state index contributed by atoms with van der Waals surface area (Å²) in [5.41, 5.74) is 3.33. The first-order chi connectivity index (χ1) is 36.6. The molecule has 7 amide bonds. The number of aromatic nitrogens is 4. The lowest BCUT2D eigenvalue weighted by molar-refractivity contribution is -0.136. The normalized spacial score (nSPS) is 15.9. The molecule has 0 aliphatic carbocycles. The lowest BCUT2D eigenvalue weighted by atomic mass is 9.91. The second-order valence-corrected chi connectivity index (χ2v) is 18.0. The van der Waals surface area contributed by atoms with Crippen LogP contribution in [0.4, 0.5) is 5.69 Å². The summed E-state index contributed by atoms with van der Waals surface area (Å²) >= 11 is 0. The van der Waals surface area contributed by atoms with Crippen molar-refractivity contribution in [1.29, 1.82) is 0 Å². The molecule has 0 spiro atoms. The molecule has 4 N–H and O–H groups in total. The zero-order valence-electron chi connectivity index (χ0n) is 42.1. The standard InChI is InChI=1S/C53H66N10O12/c64-46(15-9-39-6-4-19-54-35-39)56-20-2-1-5-38-17-22-61(23-18-38)51(68)41-12-10-40(11-13-41)49(66)57-36-42-37-62(60-59-42)24-26-72-28-30-74-32-34-75-33-31-73-29-27-71-25-21-55-44-8-3-7-43-48(44)53(70)63(52(43)69)45-14-16-47(65)58-50(45)67/h3-4,6-13,15,19,35,37-38,45,55H,1-2,5,14,16-18,20-34,36H2,(H,56,64)(H,57,66)(H,58,65,67)/b15-9+. The Morgan fingerprint density at radius 2 is 1.43 bits per heavy atom. The minimum atomic E-state index is -1.03. The van der Waals surface area contributed by atoms with Crippen LogP contribution in [0.25, 0.3) is 6.08 Å². The SMILES string of the molecule is O=C(/C=C/c1cccnc1)NCCCCC1CCN(C(=O)c2ccc(C(=O)NCc3cn(CCOCCOCCOCCOCCOCCNc4cccc5c4C(=O)N(C4CCC(=O)NC4=O)C5=O)nn3)cc2)CC1. The Morgan fingerprint density at radius 3 is 2.12 bits per heavy atom. The van der Waals surface area contributed by atoms with Gasteiger partial charge in [0.25, 0.3) is 23.6 Å². The van der Waals surface area contributed by atoms with Gasteiger partial charge in [0.2, 0.25) is 17.7 Å². The Hall–Kier alpha value is -7.24. The summed E-state index contributed by atoms with van der Waals surface area (Å²) in [6.07, 6.45) is 13.4. The average Bonchev–Trinajstić information content (AvgIpc) is 4.00. The molecule has 7 rings (SSSR count). The summed E-state index contributed by atoms with van der Waals surface area (Å²) in [6, 6.07) is 14.3. The summed E-state index contributed by atoms with van der Waals surface area (Å²) < 4.78 is 29.6. The van der Waals surface area contributed by atoms with Crippen molar-refractivity contribution in [3.05, 3.63) is 113 Å². The Bertz CT molecular complexity index is 2570. The largest absolute Gasteiger partial charge is 0.382 e. The van der Waals surface area contributed by atoms with Crippen molar-refractivity contribution >= 4 is 53.1 Å². The number of fused-ring (bicyclic) bond motifs is 1. The fourth-order valence-electron chi connectivity index (χ4n) is 8.71. The van der Waals surface area contributed by atoms with Crippen LogP contribution < -0.4 is 21.3 Å². The quantitative estimate of drug-likeness (QED) is 0.0321. The summed E-state index contributed by atoms with van der Waals surface area (Å²) in [7, 11) is 0.